The topological polar surface area (TPSA) is 65.7 Å². The fraction of sp³-hybridized carbons (Fsp3) is 0.400. The quantitative estimate of drug-likeness (QED) is 0.777. The van der Waals surface area contributed by atoms with Crippen molar-refractivity contribution < 1.29 is 0 Å². The van der Waals surface area contributed by atoms with Gasteiger partial charge < -0.3 is 21.3 Å². The van der Waals surface area contributed by atoms with Crippen LogP contribution >= 0.6 is 0 Å². The van der Waals surface area contributed by atoms with Crippen LogP contribution in [-0.4, -0.2) is 37.2 Å². The molecule has 20 heavy (non-hydrogen) atoms. The van der Waals surface area contributed by atoms with Crippen molar-refractivity contribution in [3.8, 4) is 0 Å². The number of aryl methyl sites for hydroxylation is 1. The standard InChI is InChI=1S/C15H23N5/c1-12-5-4-6-13(11-12)18-14-17-9-7-15(16,19-14)8-10-20(2)3/h4-7,9,11H,8,10,16H2,1-3H3,(H2,17,18,19). The monoisotopic (exact) mass is 273 g/mol. The Balaban J connectivity index is 2.06. The van der Waals surface area contributed by atoms with Gasteiger partial charge in [0.05, 0.1) is 0 Å². The van der Waals surface area contributed by atoms with Gasteiger partial charge in [0.1, 0.15) is 5.66 Å². The number of nitrogens with two attached hydrogens (primary N) is 1. The van der Waals surface area contributed by atoms with Gasteiger partial charge in [0, 0.05) is 24.9 Å². The molecular weight excluding hydrogens is 250 g/mol. The van der Waals surface area contributed by atoms with Gasteiger partial charge in [-0.15, -0.1) is 0 Å². The molecule has 0 radical (unpaired) electrons. The second-order valence-electron chi connectivity index (χ2n) is 5.48. The molecule has 0 bridgehead atoms. The van der Waals surface area contributed by atoms with E-state index in [1.807, 2.05) is 38.5 Å². The second-order valence-corrected chi connectivity index (χ2v) is 5.48. The highest BCUT2D eigenvalue weighted by atomic mass is 15.2. The number of benzene rings is 1. The maximum atomic E-state index is 6.30. The average Bonchev–Trinajstić information content (AvgIpc) is 2.37. The predicted octanol–water partition coefficient (Wildman–Crippen LogP) is 1.49. The molecule has 108 valence electrons. The van der Waals surface area contributed by atoms with Crippen molar-refractivity contribution >= 4 is 11.6 Å². The summed E-state index contributed by atoms with van der Waals surface area (Å²) < 4.78 is 0. The van der Waals surface area contributed by atoms with E-state index in [0.717, 1.165) is 18.7 Å². The highest BCUT2D eigenvalue weighted by Gasteiger charge is 2.24. The zero-order chi connectivity index (χ0) is 14.6. The minimum absolute atomic E-state index is 0.651. The van der Waals surface area contributed by atoms with Crippen LogP contribution in [0.15, 0.2) is 41.5 Å². The predicted molar refractivity (Wildman–Crippen MR) is 84.6 cm³/mol. The number of anilines is 1. The van der Waals surface area contributed by atoms with Crippen LogP contribution in [0, 0.1) is 6.92 Å². The average molecular weight is 273 g/mol. The smallest absolute Gasteiger partial charge is 0.202 e. The van der Waals surface area contributed by atoms with Gasteiger partial charge in [-0.3, -0.25) is 0 Å². The van der Waals surface area contributed by atoms with E-state index in [2.05, 4.69) is 39.6 Å². The Labute approximate surface area is 120 Å². The lowest BCUT2D eigenvalue weighted by molar-refractivity contribution is 0.352. The Hall–Kier alpha value is -1.85. The summed E-state index contributed by atoms with van der Waals surface area (Å²) in [6.07, 6.45) is 4.52. The Morgan fingerprint density at radius 1 is 1.40 bits per heavy atom. The molecule has 1 aliphatic rings. The summed E-state index contributed by atoms with van der Waals surface area (Å²) in [5.74, 6) is 0.680. The number of nitrogens with one attached hydrogen (secondary N) is 2. The first-order valence-electron chi connectivity index (χ1n) is 6.78. The summed E-state index contributed by atoms with van der Waals surface area (Å²) in [5, 5.41) is 6.35. The second kappa shape index (κ2) is 6.07. The number of guanidine groups is 1. The third-order valence-electron chi connectivity index (χ3n) is 3.15. The Kier molecular flexibility index (Phi) is 4.42. The van der Waals surface area contributed by atoms with E-state index in [1.54, 1.807) is 0 Å². The Morgan fingerprint density at radius 3 is 2.90 bits per heavy atom. The molecule has 0 aromatic heterocycles. The van der Waals surface area contributed by atoms with Crippen LogP contribution in [0.1, 0.15) is 12.0 Å². The molecule has 1 aliphatic heterocycles. The normalized spacial score (nSPS) is 21.6. The zero-order valence-corrected chi connectivity index (χ0v) is 12.4. The van der Waals surface area contributed by atoms with Gasteiger partial charge in [0.15, 0.2) is 0 Å². The highest BCUT2D eigenvalue weighted by molar-refractivity contribution is 5.95. The summed E-state index contributed by atoms with van der Waals surface area (Å²) in [6, 6.07) is 8.15. The molecule has 5 nitrogen and oxygen atoms in total. The largest absolute Gasteiger partial charge is 0.333 e. The van der Waals surface area contributed by atoms with Crippen molar-refractivity contribution in [3.05, 3.63) is 42.1 Å². The molecule has 0 aliphatic carbocycles. The fourth-order valence-corrected chi connectivity index (χ4v) is 2.01. The minimum Gasteiger partial charge on any atom is -0.333 e. The lowest BCUT2D eigenvalue weighted by Crippen LogP contribution is -2.45. The summed E-state index contributed by atoms with van der Waals surface area (Å²) >= 11 is 0. The maximum absolute atomic E-state index is 6.30. The molecule has 1 heterocycles. The Bertz CT molecular complexity index is 521. The maximum Gasteiger partial charge on any atom is 0.202 e. The molecule has 0 fully saturated rings. The Morgan fingerprint density at radius 2 is 2.20 bits per heavy atom. The van der Waals surface area contributed by atoms with E-state index in [0.29, 0.717) is 5.96 Å². The van der Waals surface area contributed by atoms with Crippen LogP contribution in [0.2, 0.25) is 0 Å². The van der Waals surface area contributed by atoms with Crippen molar-refractivity contribution in [2.24, 2.45) is 10.7 Å². The first-order chi connectivity index (χ1) is 9.47. The molecule has 5 heteroatoms. The fourth-order valence-electron chi connectivity index (χ4n) is 2.01. The summed E-state index contributed by atoms with van der Waals surface area (Å²) in [4.78, 5) is 6.67. The van der Waals surface area contributed by atoms with Gasteiger partial charge in [0.25, 0.3) is 0 Å². The van der Waals surface area contributed by atoms with Gasteiger partial charge in [-0.1, -0.05) is 12.1 Å². The van der Waals surface area contributed by atoms with Crippen molar-refractivity contribution in [1.29, 1.82) is 0 Å². The number of aliphatic imine (C=N–C) groups is 1. The number of nitrogens with zero attached hydrogens (tertiary/aromatic N) is 2. The molecule has 0 amide bonds. The van der Waals surface area contributed by atoms with E-state index in [9.17, 15) is 0 Å². The van der Waals surface area contributed by atoms with Gasteiger partial charge in [-0.05, 0) is 44.8 Å². The van der Waals surface area contributed by atoms with Gasteiger partial charge in [-0.25, -0.2) is 4.99 Å². The summed E-state index contributed by atoms with van der Waals surface area (Å²) in [6.45, 7) is 2.95. The molecular formula is C15H23N5. The van der Waals surface area contributed by atoms with E-state index < -0.39 is 5.66 Å². The summed E-state index contributed by atoms with van der Waals surface area (Å²) in [5.41, 5.74) is 7.85. The zero-order valence-electron chi connectivity index (χ0n) is 12.4. The molecule has 2 rings (SSSR count). The van der Waals surface area contributed by atoms with Crippen molar-refractivity contribution in [2.45, 2.75) is 19.0 Å². The highest BCUT2D eigenvalue weighted by Crippen LogP contribution is 2.16. The minimum atomic E-state index is -0.651. The van der Waals surface area contributed by atoms with Crippen molar-refractivity contribution in [1.82, 2.24) is 10.2 Å². The van der Waals surface area contributed by atoms with Crippen molar-refractivity contribution in [3.63, 3.8) is 0 Å². The SMILES string of the molecule is Cc1cccc(NC2=NC(N)(CCN(C)C)C=CN2)c1. The molecule has 0 saturated heterocycles. The van der Waals surface area contributed by atoms with Crippen LogP contribution < -0.4 is 16.4 Å². The number of rotatable bonds is 4. The van der Waals surface area contributed by atoms with Crippen LogP contribution in [0.4, 0.5) is 5.69 Å². The molecule has 1 atom stereocenters. The van der Waals surface area contributed by atoms with E-state index in [1.165, 1.54) is 5.56 Å². The van der Waals surface area contributed by atoms with E-state index >= 15 is 0 Å². The molecule has 0 saturated carbocycles. The third kappa shape index (κ3) is 4.08. The van der Waals surface area contributed by atoms with Crippen LogP contribution in [0.25, 0.3) is 0 Å². The van der Waals surface area contributed by atoms with Crippen LogP contribution in [0.5, 0.6) is 0 Å². The number of hydrogen-bond donors (Lipinski definition) is 3. The third-order valence-corrected chi connectivity index (χ3v) is 3.15. The molecule has 1 aromatic rings. The van der Waals surface area contributed by atoms with Gasteiger partial charge in [0.2, 0.25) is 5.96 Å². The number of hydrogen-bond acceptors (Lipinski definition) is 5. The van der Waals surface area contributed by atoms with E-state index in [4.69, 9.17) is 5.73 Å². The van der Waals surface area contributed by atoms with E-state index in [-0.39, 0.29) is 0 Å². The first kappa shape index (κ1) is 14.6. The first-order valence-corrected chi connectivity index (χ1v) is 6.78. The van der Waals surface area contributed by atoms with Crippen molar-refractivity contribution in [2.75, 3.05) is 26.0 Å². The molecule has 1 unspecified atom stereocenters. The molecule has 1 aromatic carbocycles. The van der Waals surface area contributed by atoms with Crippen LogP contribution in [-0.2, 0) is 0 Å². The lowest BCUT2D eigenvalue weighted by Gasteiger charge is -2.28. The van der Waals surface area contributed by atoms with Gasteiger partial charge >= 0.3 is 0 Å². The van der Waals surface area contributed by atoms with Gasteiger partial charge in [-0.2, -0.15) is 0 Å². The lowest BCUT2D eigenvalue weighted by atomic mass is 10.1. The summed E-state index contributed by atoms with van der Waals surface area (Å²) in [7, 11) is 4.06. The molecule has 0 spiro atoms. The molecule has 4 N–H and O–H groups in total. The van der Waals surface area contributed by atoms with Crippen LogP contribution in [0.3, 0.4) is 0 Å².